The molecule has 0 aromatic heterocycles. The number of amides is 1. The number of benzene rings is 1. The Morgan fingerprint density at radius 2 is 2.05 bits per heavy atom. The Balaban J connectivity index is 2.15. The van der Waals surface area contributed by atoms with Gasteiger partial charge in [-0.3, -0.25) is 4.79 Å². The van der Waals surface area contributed by atoms with E-state index in [0.29, 0.717) is 0 Å². The van der Waals surface area contributed by atoms with Crippen molar-refractivity contribution in [3.05, 3.63) is 34.6 Å². The van der Waals surface area contributed by atoms with Gasteiger partial charge in [0.25, 0.3) is 5.91 Å². The van der Waals surface area contributed by atoms with Crippen LogP contribution in [0.5, 0.6) is 0 Å². The van der Waals surface area contributed by atoms with Gasteiger partial charge >= 0.3 is 0 Å². The third-order valence-corrected chi connectivity index (χ3v) is 4.05. The average molecular weight is 285 g/mol. The molecule has 3 nitrogen and oxygen atoms in total. The van der Waals surface area contributed by atoms with Crippen molar-refractivity contribution in [2.45, 2.75) is 18.9 Å². The summed E-state index contributed by atoms with van der Waals surface area (Å²) < 4.78 is 13.8. The van der Waals surface area contributed by atoms with Crippen LogP contribution in [0.25, 0.3) is 0 Å². The number of carbonyl (C=O) groups is 1. The molecular formula is C14H18ClFN2O. The number of carbonyl (C=O) groups excluding carboxylic acids is 1. The molecule has 0 radical (unpaired) electrons. The molecule has 0 saturated carbocycles. The minimum absolute atomic E-state index is 0.0226. The van der Waals surface area contributed by atoms with Crippen LogP contribution in [0.1, 0.15) is 23.2 Å². The fraction of sp³-hybridized carbons (Fsp3) is 0.500. The van der Waals surface area contributed by atoms with Crippen LogP contribution in [-0.2, 0) is 0 Å². The highest BCUT2D eigenvalue weighted by atomic mass is 35.5. The van der Waals surface area contributed by atoms with Crippen molar-refractivity contribution in [1.82, 2.24) is 9.80 Å². The van der Waals surface area contributed by atoms with Gasteiger partial charge in [-0.15, -0.1) is 0 Å². The van der Waals surface area contributed by atoms with Crippen molar-refractivity contribution in [2.24, 2.45) is 0 Å². The normalized spacial score (nSPS) is 17.5. The second kappa shape index (κ2) is 5.88. The molecule has 1 aromatic carbocycles. The van der Waals surface area contributed by atoms with Crippen LogP contribution in [0.2, 0.25) is 5.02 Å². The second-order valence-electron chi connectivity index (χ2n) is 5.05. The molecule has 0 aliphatic carbocycles. The van der Waals surface area contributed by atoms with Gasteiger partial charge in [0.05, 0.1) is 10.6 Å². The third-order valence-electron chi connectivity index (χ3n) is 3.73. The van der Waals surface area contributed by atoms with Crippen LogP contribution in [-0.4, -0.2) is 48.9 Å². The number of hydrogen-bond acceptors (Lipinski definition) is 2. The Morgan fingerprint density at radius 3 is 2.63 bits per heavy atom. The molecular weight excluding hydrogens is 267 g/mol. The average Bonchev–Trinajstić information content (AvgIpc) is 2.38. The first-order valence-electron chi connectivity index (χ1n) is 6.40. The van der Waals surface area contributed by atoms with E-state index in [1.54, 1.807) is 18.0 Å². The van der Waals surface area contributed by atoms with Crippen LogP contribution >= 0.6 is 11.6 Å². The summed E-state index contributed by atoms with van der Waals surface area (Å²) in [6, 6.07) is 4.46. The lowest BCUT2D eigenvalue weighted by atomic mass is 10.0. The molecule has 2 rings (SSSR count). The van der Waals surface area contributed by atoms with E-state index in [1.165, 1.54) is 12.1 Å². The summed E-state index contributed by atoms with van der Waals surface area (Å²) in [6.07, 6.45) is 1.82. The lowest BCUT2D eigenvalue weighted by Gasteiger charge is -2.35. The van der Waals surface area contributed by atoms with Crippen LogP contribution < -0.4 is 0 Å². The van der Waals surface area contributed by atoms with Gasteiger partial charge in [-0.1, -0.05) is 17.7 Å². The molecule has 0 atom stereocenters. The van der Waals surface area contributed by atoms with Crippen molar-refractivity contribution < 1.29 is 9.18 Å². The molecule has 0 N–H and O–H groups in total. The van der Waals surface area contributed by atoms with E-state index in [4.69, 9.17) is 11.6 Å². The summed E-state index contributed by atoms with van der Waals surface area (Å²) in [5.41, 5.74) is -0.0226. The number of hydrogen-bond donors (Lipinski definition) is 0. The molecule has 104 valence electrons. The molecule has 0 bridgehead atoms. The number of piperidine rings is 1. The fourth-order valence-electron chi connectivity index (χ4n) is 2.43. The van der Waals surface area contributed by atoms with Gasteiger partial charge < -0.3 is 9.80 Å². The monoisotopic (exact) mass is 284 g/mol. The summed E-state index contributed by atoms with van der Waals surface area (Å²) in [4.78, 5) is 16.2. The SMILES string of the molecule is CN1CCC(N(C)C(=O)c2c(F)cccc2Cl)CC1. The summed E-state index contributed by atoms with van der Waals surface area (Å²) in [6.45, 7) is 1.90. The van der Waals surface area contributed by atoms with Crippen LogP contribution in [0, 0.1) is 5.82 Å². The minimum Gasteiger partial charge on any atom is -0.338 e. The van der Waals surface area contributed by atoms with E-state index < -0.39 is 5.82 Å². The van der Waals surface area contributed by atoms with E-state index in [-0.39, 0.29) is 22.5 Å². The Bertz CT molecular complexity index is 452. The Morgan fingerprint density at radius 1 is 1.42 bits per heavy atom. The largest absolute Gasteiger partial charge is 0.338 e. The molecule has 1 aliphatic heterocycles. The fourth-order valence-corrected chi connectivity index (χ4v) is 2.67. The zero-order chi connectivity index (χ0) is 14.0. The predicted molar refractivity (Wildman–Crippen MR) is 74.0 cm³/mol. The van der Waals surface area contributed by atoms with Gasteiger partial charge in [-0.05, 0) is 45.1 Å². The van der Waals surface area contributed by atoms with Crippen molar-refractivity contribution in [3.8, 4) is 0 Å². The molecule has 1 fully saturated rings. The molecule has 1 heterocycles. The van der Waals surface area contributed by atoms with Crippen molar-refractivity contribution in [3.63, 3.8) is 0 Å². The first kappa shape index (κ1) is 14.3. The third kappa shape index (κ3) is 3.07. The second-order valence-corrected chi connectivity index (χ2v) is 5.45. The topological polar surface area (TPSA) is 23.6 Å². The molecule has 1 aromatic rings. The Hall–Kier alpha value is -1.13. The first-order valence-corrected chi connectivity index (χ1v) is 6.78. The zero-order valence-corrected chi connectivity index (χ0v) is 12.0. The van der Waals surface area contributed by atoms with E-state index in [1.807, 2.05) is 0 Å². The van der Waals surface area contributed by atoms with Crippen LogP contribution in [0.4, 0.5) is 4.39 Å². The molecule has 1 amide bonds. The van der Waals surface area contributed by atoms with Gasteiger partial charge in [0.1, 0.15) is 5.82 Å². The molecule has 0 spiro atoms. The Labute approximate surface area is 117 Å². The highest BCUT2D eigenvalue weighted by Gasteiger charge is 2.27. The molecule has 5 heteroatoms. The lowest BCUT2D eigenvalue weighted by molar-refractivity contribution is 0.0655. The number of halogens is 2. The summed E-state index contributed by atoms with van der Waals surface area (Å²) in [7, 11) is 3.78. The minimum atomic E-state index is -0.558. The maximum Gasteiger partial charge on any atom is 0.258 e. The van der Waals surface area contributed by atoms with Gasteiger partial charge in [0, 0.05) is 13.1 Å². The van der Waals surface area contributed by atoms with Gasteiger partial charge in [0.2, 0.25) is 0 Å². The number of rotatable bonds is 2. The highest BCUT2D eigenvalue weighted by Crippen LogP contribution is 2.23. The first-order chi connectivity index (χ1) is 9.00. The highest BCUT2D eigenvalue weighted by molar-refractivity contribution is 6.33. The quantitative estimate of drug-likeness (QED) is 0.833. The van der Waals surface area contributed by atoms with Crippen LogP contribution in [0.3, 0.4) is 0 Å². The maximum atomic E-state index is 13.8. The van der Waals surface area contributed by atoms with E-state index in [2.05, 4.69) is 11.9 Å². The molecule has 1 saturated heterocycles. The number of likely N-dealkylation sites (tertiary alicyclic amines) is 1. The molecule has 0 unspecified atom stereocenters. The van der Waals surface area contributed by atoms with Gasteiger partial charge in [-0.25, -0.2) is 4.39 Å². The summed E-state index contributed by atoms with van der Waals surface area (Å²) in [5.74, 6) is -0.894. The lowest BCUT2D eigenvalue weighted by Crippen LogP contribution is -2.44. The smallest absolute Gasteiger partial charge is 0.258 e. The number of nitrogens with zero attached hydrogens (tertiary/aromatic N) is 2. The van der Waals surface area contributed by atoms with E-state index in [9.17, 15) is 9.18 Å². The standard InChI is InChI=1S/C14H18ClFN2O/c1-17-8-6-10(7-9-17)18(2)14(19)13-11(15)4-3-5-12(13)16/h3-5,10H,6-9H2,1-2H3. The predicted octanol–water partition coefficient (Wildman–Crippen LogP) is 2.65. The summed E-state index contributed by atoms with van der Waals surface area (Å²) >= 11 is 5.93. The van der Waals surface area contributed by atoms with Crippen molar-refractivity contribution in [2.75, 3.05) is 27.2 Å². The molecule has 19 heavy (non-hydrogen) atoms. The zero-order valence-electron chi connectivity index (χ0n) is 11.2. The van der Waals surface area contributed by atoms with E-state index in [0.717, 1.165) is 25.9 Å². The molecule has 1 aliphatic rings. The maximum absolute atomic E-state index is 13.8. The van der Waals surface area contributed by atoms with Gasteiger partial charge in [0.15, 0.2) is 0 Å². The van der Waals surface area contributed by atoms with Crippen molar-refractivity contribution in [1.29, 1.82) is 0 Å². The van der Waals surface area contributed by atoms with Crippen molar-refractivity contribution >= 4 is 17.5 Å². The van der Waals surface area contributed by atoms with Crippen LogP contribution in [0.15, 0.2) is 18.2 Å². The Kier molecular flexibility index (Phi) is 4.42. The summed E-state index contributed by atoms with van der Waals surface area (Å²) in [5, 5.41) is 0.171. The van der Waals surface area contributed by atoms with Gasteiger partial charge in [-0.2, -0.15) is 0 Å². The van der Waals surface area contributed by atoms with E-state index >= 15 is 0 Å².